The highest BCUT2D eigenvalue weighted by Crippen LogP contribution is 2.23. The van der Waals surface area contributed by atoms with E-state index in [4.69, 9.17) is 11.6 Å². The summed E-state index contributed by atoms with van der Waals surface area (Å²) in [6.07, 6.45) is 1.36. The molecule has 5 nitrogen and oxygen atoms in total. The van der Waals surface area contributed by atoms with Crippen molar-refractivity contribution in [2.75, 3.05) is 13.1 Å². The zero-order valence-electron chi connectivity index (χ0n) is 17.1. The summed E-state index contributed by atoms with van der Waals surface area (Å²) in [7, 11) is -3.50. The second kappa shape index (κ2) is 9.39. The van der Waals surface area contributed by atoms with Crippen LogP contribution in [0.2, 0.25) is 5.02 Å². The number of sulfonamides is 1. The van der Waals surface area contributed by atoms with Gasteiger partial charge < -0.3 is 5.32 Å². The molecule has 0 radical (unpaired) electrons. The maximum atomic E-state index is 12.9. The van der Waals surface area contributed by atoms with Crippen LogP contribution in [0.1, 0.15) is 24.0 Å². The molecule has 0 unspecified atom stereocenters. The van der Waals surface area contributed by atoms with E-state index in [2.05, 4.69) is 5.32 Å². The first-order valence-electron chi connectivity index (χ1n) is 10.4. The smallest absolute Gasteiger partial charge is 0.224 e. The number of hydrogen-bond donors (Lipinski definition) is 1. The molecule has 3 aromatic rings. The minimum atomic E-state index is -3.50. The Morgan fingerprint density at radius 2 is 1.77 bits per heavy atom. The van der Waals surface area contributed by atoms with E-state index in [1.54, 1.807) is 24.3 Å². The van der Waals surface area contributed by atoms with E-state index >= 15 is 0 Å². The van der Waals surface area contributed by atoms with Gasteiger partial charge in [0.05, 0.1) is 11.7 Å². The second-order valence-electron chi connectivity index (χ2n) is 7.94. The van der Waals surface area contributed by atoms with Gasteiger partial charge in [-0.05, 0) is 46.9 Å². The molecular formula is C24H25ClN2O3S. The molecular weight excluding hydrogens is 432 g/mol. The molecule has 0 bridgehead atoms. The molecule has 31 heavy (non-hydrogen) atoms. The number of carbonyl (C=O) groups is 1. The lowest BCUT2D eigenvalue weighted by Crippen LogP contribution is -2.45. The lowest BCUT2D eigenvalue weighted by atomic mass is 9.98. The monoisotopic (exact) mass is 456 g/mol. The Hall–Kier alpha value is -2.41. The minimum absolute atomic E-state index is 0.0888. The third kappa shape index (κ3) is 5.26. The van der Waals surface area contributed by atoms with Crippen molar-refractivity contribution in [3.63, 3.8) is 0 Å². The fourth-order valence-corrected chi connectivity index (χ4v) is 5.80. The predicted molar refractivity (Wildman–Crippen MR) is 124 cm³/mol. The standard InChI is InChI=1S/C24H25ClN2O3S/c25-22-12-10-18(11-13-22)17-31(29,30)27-14-4-8-21(16-27)24(28)26-15-20-7-3-6-19-5-1-2-9-23(19)20/h1-3,5-7,9-13,21H,4,8,14-17H2,(H,26,28)/t21-/m1/s1. The van der Waals surface area contributed by atoms with Crippen LogP contribution in [-0.2, 0) is 27.1 Å². The molecule has 0 spiro atoms. The Morgan fingerprint density at radius 1 is 1.03 bits per heavy atom. The van der Waals surface area contributed by atoms with E-state index in [0.29, 0.717) is 36.5 Å². The predicted octanol–water partition coefficient (Wildman–Crippen LogP) is 4.35. The van der Waals surface area contributed by atoms with E-state index < -0.39 is 10.0 Å². The van der Waals surface area contributed by atoms with Gasteiger partial charge in [-0.2, -0.15) is 0 Å². The van der Waals surface area contributed by atoms with E-state index in [9.17, 15) is 13.2 Å². The van der Waals surface area contributed by atoms with Gasteiger partial charge in [-0.25, -0.2) is 12.7 Å². The maximum Gasteiger partial charge on any atom is 0.224 e. The molecule has 0 aromatic heterocycles. The average molecular weight is 457 g/mol. The van der Waals surface area contributed by atoms with Gasteiger partial charge in [-0.3, -0.25) is 4.79 Å². The Labute approximate surface area is 188 Å². The van der Waals surface area contributed by atoms with Crippen molar-refractivity contribution in [2.24, 2.45) is 5.92 Å². The van der Waals surface area contributed by atoms with Crippen LogP contribution in [0.5, 0.6) is 0 Å². The highest BCUT2D eigenvalue weighted by molar-refractivity contribution is 7.88. The molecule has 1 fully saturated rings. The summed E-state index contributed by atoms with van der Waals surface area (Å²) in [6.45, 7) is 1.09. The summed E-state index contributed by atoms with van der Waals surface area (Å²) < 4.78 is 27.2. The summed E-state index contributed by atoms with van der Waals surface area (Å²) in [5, 5.41) is 5.83. The Kier molecular flexibility index (Phi) is 6.60. The fourth-order valence-electron chi connectivity index (χ4n) is 4.06. The first kappa shape index (κ1) is 21.8. The molecule has 0 saturated carbocycles. The Balaban J connectivity index is 1.39. The quantitative estimate of drug-likeness (QED) is 0.599. The fraction of sp³-hybridized carbons (Fsp3) is 0.292. The number of nitrogens with one attached hydrogen (secondary N) is 1. The highest BCUT2D eigenvalue weighted by Gasteiger charge is 2.32. The van der Waals surface area contributed by atoms with Crippen LogP contribution in [0.15, 0.2) is 66.7 Å². The number of benzene rings is 3. The molecule has 1 aliphatic heterocycles. The molecule has 4 rings (SSSR count). The summed E-state index contributed by atoms with van der Waals surface area (Å²) in [6, 6.07) is 20.9. The summed E-state index contributed by atoms with van der Waals surface area (Å²) in [5.74, 6) is -0.530. The summed E-state index contributed by atoms with van der Waals surface area (Å²) in [4.78, 5) is 12.8. The van der Waals surface area contributed by atoms with E-state index in [-0.39, 0.29) is 24.1 Å². The van der Waals surface area contributed by atoms with Crippen LogP contribution < -0.4 is 5.32 Å². The Morgan fingerprint density at radius 3 is 2.58 bits per heavy atom. The second-order valence-corrected chi connectivity index (χ2v) is 10.3. The number of nitrogens with zero attached hydrogens (tertiary/aromatic N) is 1. The van der Waals surface area contributed by atoms with Crippen molar-refractivity contribution in [1.82, 2.24) is 9.62 Å². The van der Waals surface area contributed by atoms with Gasteiger partial charge in [-0.1, -0.05) is 66.2 Å². The van der Waals surface area contributed by atoms with Crippen molar-refractivity contribution in [3.05, 3.63) is 82.9 Å². The van der Waals surface area contributed by atoms with E-state index in [0.717, 1.165) is 16.3 Å². The molecule has 1 aliphatic rings. The van der Waals surface area contributed by atoms with Crippen molar-refractivity contribution in [2.45, 2.75) is 25.1 Å². The van der Waals surface area contributed by atoms with Crippen LogP contribution in [-0.4, -0.2) is 31.7 Å². The van der Waals surface area contributed by atoms with E-state index in [1.807, 2.05) is 42.5 Å². The molecule has 1 amide bonds. The zero-order chi connectivity index (χ0) is 21.8. The molecule has 3 aromatic carbocycles. The SMILES string of the molecule is O=C(NCc1cccc2ccccc12)[C@@H]1CCCN(S(=O)(=O)Cc2ccc(Cl)cc2)C1. The van der Waals surface area contributed by atoms with Gasteiger partial charge in [-0.15, -0.1) is 0 Å². The molecule has 1 atom stereocenters. The number of amides is 1. The van der Waals surface area contributed by atoms with Gasteiger partial charge in [0.1, 0.15) is 0 Å². The third-order valence-electron chi connectivity index (χ3n) is 5.74. The van der Waals surface area contributed by atoms with Gasteiger partial charge in [0, 0.05) is 24.7 Å². The minimum Gasteiger partial charge on any atom is -0.352 e. The summed E-state index contributed by atoms with van der Waals surface area (Å²) in [5.41, 5.74) is 1.74. The third-order valence-corrected chi connectivity index (χ3v) is 7.81. The van der Waals surface area contributed by atoms with Gasteiger partial charge in [0.2, 0.25) is 15.9 Å². The average Bonchev–Trinajstić information content (AvgIpc) is 2.79. The topological polar surface area (TPSA) is 66.5 Å². The highest BCUT2D eigenvalue weighted by atomic mass is 35.5. The van der Waals surface area contributed by atoms with Crippen LogP contribution in [0.4, 0.5) is 0 Å². The normalized spacial score (nSPS) is 17.5. The Bertz CT molecular complexity index is 1170. The molecule has 1 heterocycles. The zero-order valence-corrected chi connectivity index (χ0v) is 18.7. The van der Waals surface area contributed by atoms with Crippen molar-refractivity contribution in [1.29, 1.82) is 0 Å². The van der Waals surface area contributed by atoms with Crippen molar-refractivity contribution in [3.8, 4) is 0 Å². The largest absolute Gasteiger partial charge is 0.352 e. The number of fused-ring (bicyclic) bond motifs is 1. The van der Waals surface area contributed by atoms with Crippen LogP contribution in [0, 0.1) is 5.92 Å². The molecule has 1 saturated heterocycles. The van der Waals surface area contributed by atoms with Crippen LogP contribution in [0.3, 0.4) is 0 Å². The first-order valence-corrected chi connectivity index (χ1v) is 12.4. The van der Waals surface area contributed by atoms with Crippen LogP contribution in [0.25, 0.3) is 10.8 Å². The number of halogens is 1. The molecule has 162 valence electrons. The lowest BCUT2D eigenvalue weighted by molar-refractivity contribution is -0.126. The van der Waals surface area contributed by atoms with Crippen molar-refractivity contribution < 1.29 is 13.2 Å². The number of piperidine rings is 1. The van der Waals surface area contributed by atoms with E-state index in [1.165, 1.54) is 4.31 Å². The summed E-state index contributed by atoms with van der Waals surface area (Å²) >= 11 is 5.89. The first-order chi connectivity index (χ1) is 14.9. The molecule has 1 N–H and O–H groups in total. The number of rotatable bonds is 6. The number of hydrogen-bond acceptors (Lipinski definition) is 3. The maximum absolute atomic E-state index is 12.9. The van der Waals surface area contributed by atoms with Gasteiger partial charge in [0.15, 0.2) is 0 Å². The number of carbonyl (C=O) groups excluding carboxylic acids is 1. The molecule has 0 aliphatic carbocycles. The van der Waals surface area contributed by atoms with Gasteiger partial charge in [0.25, 0.3) is 0 Å². The van der Waals surface area contributed by atoms with Gasteiger partial charge >= 0.3 is 0 Å². The van der Waals surface area contributed by atoms with Crippen molar-refractivity contribution >= 4 is 38.3 Å². The molecule has 7 heteroatoms. The van der Waals surface area contributed by atoms with Crippen LogP contribution >= 0.6 is 11.6 Å². The lowest BCUT2D eigenvalue weighted by Gasteiger charge is -2.31.